The summed E-state index contributed by atoms with van der Waals surface area (Å²) in [7, 11) is 0. The normalized spacial score (nSPS) is 12.5. The van der Waals surface area contributed by atoms with Gasteiger partial charge in [-0.25, -0.2) is 0 Å². The van der Waals surface area contributed by atoms with Crippen LogP contribution in [0.25, 0.3) is 10.9 Å². The Hall–Kier alpha value is -1.59. The number of fused-ring (bicyclic) bond motifs is 1. The Bertz CT molecular complexity index is 750. The minimum absolute atomic E-state index is 0.298. The zero-order valence-corrected chi connectivity index (χ0v) is 14.0. The topological polar surface area (TPSA) is 50.9 Å². The Morgan fingerprint density at radius 1 is 1.38 bits per heavy atom. The second kappa shape index (κ2) is 6.03. The van der Waals surface area contributed by atoms with Crippen molar-refractivity contribution in [3.05, 3.63) is 51.3 Å². The highest BCUT2D eigenvalue weighted by Gasteiger charge is 2.11. The Labute approximate surface area is 136 Å². The van der Waals surface area contributed by atoms with Crippen LogP contribution >= 0.6 is 27.3 Å². The summed E-state index contributed by atoms with van der Waals surface area (Å²) < 4.78 is 1.02. The van der Waals surface area contributed by atoms with Gasteiger partial charge in [-0.05, 0) is 53.9 Å². The van der Waals surface area contributed by atoms with Gasteiger partial charge in [0, 0.05) is 15.9 Å². The number of hydrogen-bond acceptors (Lipinski definition) is 4. The highest BCUT2D eigenvalue weighted by atomic mass is 79.9. The number of benzene rings is 1. The maximum absolute atomic E-state index is 6.12. The van der Waals surface area contributed by atoms with Crippen molar-refractivity contribution < 1.29 is 0 Å². The number of nitrogens with one attached hydrogen (secondary N) is 1. The lowest BCUT2D eigenvalue weighted by Gasteiger charge is -2.18. The summed E-state index contributed by atoms with van der Waals surface area (Å²) in [4.78, 5) is 4.38. The Morgan fingerprint density at radius 3 is 3.00 bits per heavy atom. The smallest absolute Gasteiger partial charge is 0.0743 e. The molecule has 0 aliphatic carbocycles. The predicted octanol–water partition coefficient (Wildman–Crippen LogP) is 4.68. The number of aromatic nitrogens is 1. The minimum atomic E-state index is 0.298. The van der Waals surface area contributed by atoms with Gasteiger partial charge < -0.3 is 11.1 Å². The molecular formula is C16H16BrN3S. The fourth-order valence-corrected chi connectivity index (χ4v) is 3.44. The minimum Gasteiger partial charge on any atom is -0.396 e. The molecule has 3 N–H and O–H groups in total. The van der Waals surface area contributed by atoms with Gasteiger partial charge in [0.15, 0.2) is 0 Å². The summed E-state index contributed by atoms with van der Waals surface area (Å²) in [5, 5.41) is 8.87. The van der Waals surface area contributed by atoms with Gasteiger partial charge in [0.1, 0.15) is 0 Å². The molecule has 0 aliphatic rings. The first-order chi connectivity index (χ1) is 10.1. The van der Waals surface area contributed by atoms with Crippen molar-refractivity contribution in [1.82, 2.24) is 4.98 Å². The van der Waals surface area contributed by atoms with Crippen molar-refractivity contribution in [2.24, 2.45) is 0 Å². The van der Waals surface area contributed by atoms with E-state index in [1.807, 2.05) is 12.1 Å². The van der Waals surface area contributed by atoms with Crippen LogP contribution in [-0.4, -0.2) is 11.0 Å². The van der Waals surface area contributed by atoms with Crippen molar-refractivity contribution in [3.63, 3.8) is 0 Å². The lowest BCUT2D eigenvalue weighted by molar-refractivity contribution is 0.794. The first-order valence-corrected chi connectivity index (χ1v) is 8.48. The van der Waals surface area contributed by atoms with E-state index in [4.69, 9.17) is 5.73 Å². The summed E-state index contributed by atoms with van der Waals surface area (Å²) in [5.74, 6) is 0. The Balaban J connectivity index is 1.92. The van der Waals surface area contributed by atoms with Gasteiger partial charge in [0.2, 0.25) is 0 Å². The lowest BCUT2D eigenvalue weighted by Crippen LogP contribution is -2.19. The molecule has 0 spiro atoms. The molecule has 2 heterocycles. The molecule has 5 heteroatoms. The zero-order chi connectivity index (χ0) is 14.8. The molecule has 0 aliphatic heterocycles. The zero-order valence-electron chi connectivity index (χ0n) is 11.6. The van der Waals surface area contributed by atoms with Crippen LogP contribution in [0.3, 0.4) is 0 Å². The number of pyridine rings is 1. The molecule has 3 nitrogen and oxygen atoms in total. The Morgan fingerprint density at radius 2 is 2.24 bits per heavy atom. The SMILES string of the molecule is CC(Cc1ccsc1)Nc1c(N)cnc2ccc(Br)cc12. The van der Waals surface area contributed by atoms with Crippen LogP contribution in [0, 0.1) is 0 Å². The molecule has 0 amide bonds. The quantitative estimate of drug-likeness (QED) is 0.708. The molecule has 108 valence electrons. The monoisotopic (exact) mass is 361 g/mol. The van der Waals surface area contributed by atoms with Crippen LogP contribution < -0.4 is 11.1 Å². The maximum atomic E-state index is 6.12. The molecule has 21 heavy (non-hydrogen) atoms. The number of thiophene rings is 1. The second-order valence-corrected chi connectivity index (χ2v) is 6.83. The van der Waals surface area contributed by atoms with Gasteiger partial charge >= 0.3 is 0 Å². The number of hydrogen-bond donors (Lipinski definition) is 2. The molecule has 0 saturated heterocycles. The van der Waals surface area contributed by atoms with Crippen LogP contribution in [0.2, 0.25) is 0 Å². The standard InChI is InChI=1S/C16H16BrN3S/c1-10(6-11-4-5-21-9-11)20-16-13-7-12(17)2-3-15(13)19-8-14(16)18/h2-5,7-10H,6,18H2,1H3,(H,19,20). The maximum Gasteiger partial charge on any atom is 0.0743 e. The molecule has 0 bridgehead atoms. The summed E-state index contributed by atoms with van der Waals surface area (Å²) >= 11 is 5.24. The molecule has 3 rings (SSSR count). The fraction of sp³-hybridized carbons (Fsp3) is 0.188. The van der Waals surface area contributed by atoms with Gasteiger partial charge in [-0.15, -0.1) is 0 Å². The van der Waals surface area contributed by atoms with Crippen molar-refractivity contribution in [3.8, 4) is 0 Å². The second-order valence-electron chi connectivity index (χ2n) is 5.13. The van der Waals surface area contributed by atoms with Crippen LogP contribution in [0.5, 0.6) is 0 Å². The van der Waals surface area contributed by atoms with E-state index in [1.165, 1.54) is 5.56 Å². The Kier molecular flexibility index (Phi) is 4.12. The summed E-state index contributed by atoms with van der Waals surface area (Å²) in [6, 6.07) is 8.50. The summed E-state index contributed by atoms with van der Waals surface area (Å²) in [6.07, 6.45) is 2.69. The first-order valence-electron chi connectivity index (χ1n) is 6.75. The number of nitrogen functional groups attached to an aromatic ring is 1. The molecular weight excluding hydrogens is 346 g/mol. The van der Waals surface area contributed by atoms with Crippen molar-refractivity contribution in [2.75, 3.05) is 11.1 Å². The van der Waals surface area contributed by atoms with E-state index in [0.717, 1.165) is 27.5 Å². The van der Waals surface area contributed by atoms with Gasteiger partial charge in [0.25, 0.3) is 0 Å². The third-order valence-corrected chi connectivity index (χ3v) is 4.60. The lowest BCUT2D eigenvalue weighted by atomic mass is 10.1. The molecule has 2 aromatic heterocycles. The van der Waals surface area contributed by atoms with Gasteiger partial charge in [0.05, 0.1) is 23.1 Å². The fourth-order valence-electron chi connectivity index (χ4n) is 2.40. The highest BCUT2D eigenvalue weighted by molar-refractivity contribution is 9.10. The van der Waals surface area contributed by atoms with E-state index in [-0.39, 0.29) is 0 Å². The molecule has 1 atom stereocenters. The number of rotatable bonds is 4. The largest absolute Gasteiger partial charge is 0.396 e. The van der Waals surface area contributed by atoms with E-state index in [9.17, 15) is 0 Å². The van der Waals surface area contributed by atoms with E-state index in [0.29, 0.717) is 11.7 Å². The van der Waals surface area contributed by atoms with E-state index < -0.39 is 0 Å². The van der Waals surface area contributed by atoms with Crippen molar-refractivity contribution in [2.45, 2.75) is 19.4 Å². The molecule has 0 radical (unpaired) electrons. The van der Waals surface area contributed by atoms with Crippen LogP contribution in [0.1, 0.15) is 12.5 Å². The average molecular weight is 362 g/mol. The average Bonchev–Trinajstić information content (AvgIpc) is 2.95. The van der Waals surface area contributed by atoms with Gasteiger partial charge in [-0.1, -0.05) is 15.9 Å². The number of nitrogens with two attached hydrogens (primary N) is 1. The van der Waals surface area contributed by atoms with Gasteiger partial charge in [-0.3, -0.25) is 4.98 Å². The van der Waals surface area contributed by atoms with Crippen molar-refractivity contribution in [1.29, 1.82) is 0 Å². The van der Waals surface area contributed by atoms with Crippen LogP contribution in [-0.2, 0) is 6.42 Å². The van der Waals surface area contributed by atoms with E-state index in [2.05, 4.69) is 56.0 Å². The van der Waals surface area contributed by atoms with E-state index >= 15 is 0 Å². The molecule has 3 aromatic rings. The molecule has 1 unspecified atom stereocenters. The van der Waals surface area contributed by atoms with E-state index in [1.54, 1.807) is 17.5 Å². The summed E-state index contributed by atoms with van der Waals surface area (Å²) in [6.45, 7) is 2.17. The first kappa shape index (κ1) is 14.4. The highest BCUT2D eigenvalue weighted by Crippen LogP contribution is 2.30. The van der Waals surface area contributed by atoms with Gasteiger partial charge in [-0.2, -0.15) is 11.3 Å². The van der Waals surface area contributed by atoms with Crippen LogP contribution in [0.4, 0.5) is 11.4 Å². The summed E-state index contributed by atoms with van der Waals surface area (Å²) in [5.41, 5.74) is 10.0. The van der Waals surface area contributed by atoms with Crippen molar-refractivity contribution >= 4 is 49.5 Å². The predicted molar refractivity (Wildman–Crippen MR) is 95.0 cm³/mol. The third kappa shape index (κ3) is 3.19. The molecule has 0 saturated carbocycles. The third-order valence-electron chi connectivity index (χ3n) is 3.37. The van der Waals surface area contributed by atoms with Crippen LogP contribution in [0.15, 0.2) is 45.7 Å². The number of nitrogens with zero attached hydrogens (tertiary/aromatic N) is 1. The molecule has 1 aromatic carbocycles. The number of anilines is 2. The number of halogens is 1. The molecule has 0 fully saturated rings.